The van der Waals surface area contributed by atoms with Crippen molar-refractivity contribution in [3.8, 4) is 0 Å². The van der Waals surface area contributed by atoms with Gasteiger partial charge in [0.2, 0.25) is 0 Å². The van der Waals surface area contributed by atoms with Crippen LogP contribution in [0.15, 0.2) is 0 Å². The number of hydrogen-bond acceptors (Lipinski definition) is 4. The Morgan fingerprint density at radius 2 is 2.54 bits per heavy atom. The van der Waals surface area contributed by atoms with E-state index in [1.807, 2.05) is 6.26 Å². The molecule has 1 fully saturated rings. The Hall–Kier alpha value is -0.260. The van der Waals surface area contributed by atoms with Crippen molar-refractivity contribution in [2.75, 3.05) is 25.2 Å². The van der Waals surface area contributed by atoms with Crippen LogP contribution in [0.3, 0.4) is 0 Å². The van der Waals surface area contributed by atoms with E-state index in [2.05, 4.69) is 0 Å². The fourth-order valence-corrected chi connectivity index (χ4v) is 1.66. The summed E-state index contributed by atoms with van der Waals surface area (Å²) in [6.45, 7) is 1.33. The quantitative estimate of drug-likeness (QED) is 0.712. The summed E-state index contributed by atoms with van der Waals surface area (Å²) in [5.41, 5.74) is 5.70. The van der Waals surface area contributed by atoms with Gasteiger partial charge in [0.05, 0.1) is 19.2 Å². The molecule has 0 spiro atoms. The van der Waals surface area contributed by atoms with Gasteiger partial charge in [-0.25, -0.2) is 5.06 Å². The molecule has 1 aliphatic rings. The number of hydrogen-bond donors (Lipinski definition) is 1. The standard InChI is InChI=1S/C8H16N2O2S/c1-13-6-3-7(9)8(11)10-4-2-5-12-10/h7H,2-6,9H2,1H3/t7-/m0/s1. The maximum absolute atomic E-state index is 11.5. The predicted octanol–water partition coefficient (Wildman–Crippen LogP) is 0.231. The average molecular weight is 204 g/mol. The van der Waals surface area contributed by atoms with Crippen LogP contribution in [0.4, 0.5) is 0 Å². The molecule has 4 nitrogen and oxygen atoms in total. The molecule has 0 unspecified atom stereocenters. The minimum atomic E-state index is -0.398. The van der Waals surface area contributed by atoms with Crippen LogP contribution >= 0.6 is 11.8 Å². The van der Waals surface area contributed by atoms with Gasteiger partial charge in [0.25, 0.3) is 5.91 Å². The predicted molar refractivity (Wildman–Crippen MR) is 53.3 cm³/mol. The number of thioether (sulfide) groups is 1. The van der Waals surface area contributed by atoms with Gasteiger partial charge in [0.15, 0.2) is 0 Å². The molecule has 0 aromatic carbocycles. The number of amides is 1. The topological polar surface area (TPSA) is 55.6 Å². The second kappa shape index (κ2) is 5.47. The molecule has 0 aromatic heterocycles. The monoisotopic (exact) mass is 204 g/mol. The summed E-state index contributed by atoms with van der Waals surface area (Å²) in [6.07, 6.45) is 3.64. The van der Waals surface area contributed by atoms with Crippen molar-refractivity contribution in [3.05, 3.63) is 0 Å². The molecule has 5 heteroatoms. The van der Waals surface area contributed by atoms with Crippen LogP contribution in [0.25, 0.3) is 0 Å². The molecule has 2 N–H and O–H groups in total. The molecule has 0 aromatic rings. The first-order valence-electron chi connectivity index (χ1n) is 4.44. The molecule has 1 saturated heterocycles. The molecule has 1 amide bonds. The third-order valence-electron chi connectivity index (χ3n) is 1.95. The summed E-state index contributed by atoms with van der Waals surface area (Å²) in [4.78, 5) is 16.6. The van der Waals surface area contributed by atoms with E-state index < -0.39 is 6.04 Å². The van der Waals surface area contributed by atoms with Crippen LogP contribution in [-0.4, -0.2) is 42.2 Å². The van der Waals surface area contributed by atoms with Gasteiger partial charge in [-0.15, -0.1) is 0 Å². The smallest absolute Gasteiger partial charge is 0.263 e. The summed E-state index contributed by atoms with van der Waals surface area (Å²) in [7, 11) is 0. The minimum absolute atomic E-state index is 0.0773. The lowest BCUT2D eigenvalue weighted by molar-refractivity contribution is -0.170. The highest BCUT2D eigenvalue weighted by molar-refractivity contribution is 7.98. The molecule has 13 heavy (non-hydrogen) atoms. The summed E-state index contributed by atoms with van der Waals surface area (Å²) in [5.74, 6) is 0.840. The maximum Gasteiger partial charge on any atom is 0.263 e. The average Bonchev–Trinajstić information content (AvgIpc) is 2.65. The van der Waals surface area contributed by atoms with E-state index in [1.54, 1.807) is 11.8 Å². The van der Waals surface area contributed by atoms with Gasteiger partial charge in [-0.3, -0.25) is 9.63 Å². The van der Waals surface area contributed by atoms with E-state index in [1.165, 1.54) is 5.06 Å². The van der Waals surface area contributed by atoms with E-state index in [0.717, 1.165) is 18.6 Å². The van der Waals surface area contributed by atoms with Gasteiger partial charge in [-0.05, 0) is 24.9 Å². The molecule has 1 rings (SSSR count). The zero-order valence-electron chi connectivity index (χ0n) is 7.86. The Morgan fingerprint density at radius 3 is 3.08 bits per heavy atom. The van der Waals surface area contributed by atoms with Crippen molar-refractivity contribution in [3.63, 3.8) is 0 Å². The molecule has 0 aliphatic carbocycles. The van der Waals surface area contributed by atoms with Crippen molar-refractivity contribution in [2.45, 2.75) is 18.9 Å². The van der Waals surface area contributed by atoms with Gasteiger partial charge in [0, 0.05) is 0 Å². The largest absolute Gasteiger partial charge is 0.320 e. The van der Waals surface area contributed by atoms with E-state index in [4.69, 9.17) is 10.6 Å². The second-order valence-electron chi connectivity index (χ2n) is 3.02. The lowest BCUT2D eigenvalue weighted by Crippen LogP contribution is -2.42. The van der Waals surface area contributed by atoms with E-state index in [-0.39, 0.29) is 5.91 Å². The first-order chi connectivity index (χ1) is 6.25. The Labute approximate surface area is 82.7 Å². The van der Waals surface area contributed by atoms with Gasteiger partial charge >= 0.3 is 0 Å². The van der Waals surface area contributed by atoms with Crippen LogP contribution < -0.4 is 5.73 Å². The third-order valence-corrected chi connectivity index (χ3v) is 2.59. The molecule has 0 radical (unpaired) electrons. The number of nitrogens with zero attached hydrogens (tertiary/aromatic N) is 1. The third kappa shape index (κ3) is 3.17. The van der Waals surface area contributed by atoms with Crippen LogP contribution in [0, 0.1) is 0 Å². The highest BCUT2D eigenvalue weighted by atomic mass is 32.2. The molecular formula is C8H16N2O2S. The zero-order valence-corrected chi connectivity index (χ0v) is 8.68. The molecule has 1 atom stereocenters. The molecule has 1 heterocycles. The second-order valence-corrected chi connectivity index (χ2v) is 4.00. The molecular weight excluding hydrogens is 188 g/mol. The summed E-state index contributed by atoms with van der Waals surface area (Å²) in [5, 5.41) is 1.39. The van der Waals surface area contributed by atoms with Crippen LogP contribution in [0.1, 0.15) is 12.8 Å². The number of carbonyl (C=O) groups is 1. The highest BCUT2D eigenvalue weighted by Gasteiger charge is 2.24. The van der Waals surface area contributed by atoms with E-state index >= 15 is 0 Å². The summed E-state index contributed by atoms with van der Waals surface area (Å²) < 4.78 is 0. The van der Waals surface area contributed by atoms with E-state index in [9.17, 15) is 4.79 Å². The first-order valence-corrected chi connectivity index (χ1v) is 5.84. The molecule has 76 valence electrons. The van der Waals surface area contributed by atoms with Crippen molar-refractivity contribution in [1.82, 2.24) is 5.06 Å². The van der Waals surface area contributed by atoms with Crippen molar-refractivity contribution < 1.29 is 9.63 Å². The highest BCUT2D eigenvalue weighted by Crippen LogP contribution is 2.08. The van der Waals surface area contributed by atoms with Gasteiger partial charge in [0.1, 0.15) is 0 Å². The lowest BCUT2D eigenvalue weighted by atomic mass is 10.2. The van der Waals surface area contributed by atoms with Gasteiger partial charge < -0.3 is 5.73 Å². The van der Waals surface area contributed by atoms with Crippen LogP contribution in [0.5, 0.6) is 0 Å². The van der Waals surface area contributed by atoms with Crippen LogP contribution in [-0.2, 0) is 9.63 Å². The number of hydroxylamine groups is 2. The molecule has 0 saturated carbocycles. The lowest BCUT2D eigenvalue weighted by Gasteiger charge is -2.18. The Balaban J connectivity index is 2.28. The molecule has 1 aliphatic heterocycles. The zero-order chi connectivity index (χ0) is 9.68. The number of nitrogens with two attached hydrogens (primary N) is 1. The van der Waals surface area contributed by atoms with Gasteiger partial charge in [-0.1, -0.05) is 0 Å². The van der Waals surface area contributed by atoms with E-state index in [0.29, 0.717) is 13.2 Å². The minimum Gasteiger partial charge on any atom is -0.320 e. The summed E-state index contributed by atoms with van der Waals surface area (Å²) >= 11 is 1.70. The van der Waals surface area contributed by atoms with Crippen molar-refractivity contribution in [2.24, 2.45) is 5.73 Å². The SMILES string of the molecule is CSCC[C@H](N)C(=O)N1CCCO1. The van der Waals surface area contributed by atoms with Crippen molar-refractivity contribution in [1.29, 1.82) is 0 Å². The van der Waals surface area contributed by atoms with Gasteiger partial charge in [-0.2, -0.15) is 11.8 Å². The first kappa shape index (κ1) is 10.8. The number of rotatable bonds is 4. The fourth-order valence-electron chi connectivity index (χ4n) is 1.17. The maximum atomic E-state index is 11.5. The summed E-state index contributed by atoms with van der Waals surface area (Å²) in [6, 6.07) is -0.398. The Bertz CT molecular complexity index is 172. The van der Waals surface area contributed by atoms with Crippen LogP contribution in [0.2, 0.25) is 0 Å². The fraction of sp³-hybridized carbons (Fsp3) is 0.875. The Morgan fingerprint density at radius 1 is 1.77 bits per heavy atom. The molecule has 0 bridgehead atoms. The number of carbonyl (C=O) groups excluding carboxylic acids is 1. The van der Waals surface area contributed by atoms with Crippen molar-refractivity contribution >= 4 is 17.7 Å². The normalized spacial score (nSPS) is 19.1. The Kier molecular flexibility index (Phi) is 4.55.